The second-order valence-corrected chi connectivity index (χ2v) is 7.71. The van der Waals surface area contributed by atoms with E-state index in [1.807, 2.05) is 18.2 Å². The number of amides is 2. The highest BCUT2D eigenvalue weighted by atomic mass is 16.6. The van der Waals surface area contributed by atoms with Crippen molar-refractivity contribution in [3.63, 3.8) is 0 Å². The van der Waals surface area contributed by atoms with Crippen molar-refractivity contribution in [1.82, 2.24) is 15.5 Å². The molecule has 1 aliphatic carbocycles. The maximum atomic E-state index is 12.5. The number of benzene rings is 1. The van der Waals surface area contributed by atoms with E-state index in [4.69, 9.17) is 9.47 Å². The number of nitrogens with zero attached hydrogens (tertiary/aromatic N) is 1. The molecular weight excluding hydrogens is 346 g/mol. The van der Waals surface area contributed by atoms with Crippen LogP contribution in [0.15, 0.2) is 18.2 Å². The van der Waals surface area contributed by atoms with Gasteiger partial charge in [0.2, 0.25) is 11.8 Å². The molecule has 27 heavy (non-hydrogen) atoms. The van der Waals surface area contributed by atoms with E-state index >= 15 is 0 Å². The van der Waals surface area contributed by atoms with Crippen LogP contribution in [0.25, 0.3) is 0 Å². The third kappa shape index (κ3) is 5.60. The fourth-order valence-corrected chi connectivity index (χ4v) is 3.15. The Morgan fingerprint density at radius 1 is 1.11 bits per heavy atom. The fourth-order valence-electron chi connectivity index (χ4n) is 3.15. The van der Waals surface area contributed by atoms with E-state index in [1.165, 1.54) is 0 Å². The van der Waals surface area contributed by atoms with Gasteiger partial charge in [-0.25, -0.2) is 0 Å². The number of fused-ring (bicyclic) bond motifs is 1. The maximum absolute atomic E-state index is 12.5. The predicted octanol–water partition coefficient (Wildman–Crippen LogP) is 1.48. The topological polar surface area (TPSA) is 79.9 Å². The van der Waals surface area contributed by atoms with E-state index in [0.29, 0.717) is 25.0 Å². The molecule has 1 fully saturated rings. The van der Waals surface area contributed by atoms with Gasteiger partial charge in [-0.05, 0) is 43.5 Å². The van der Waals surface area contributed by atoms with Crippen molar-refractivity contribution in [2.75, 3.05) is 33.4 Å². The molecule has 0 radical (unpaired) electrons. The predicted molar refractivity (Wildman–Crippen MR) is 102 cm³/mol. The van der Waals surface area contributed by atoms with E-state index in [2.05, 4.69) is 24.5 Å². The minimum atomic E-state index is -0.137. The van der Waals surface area contributed by atoms with Crippen LogP contribution in [0.2, 0.25) is 0 Å². The Hall–Kier alpha value is -2.28. The summed E-state index contributed by atoms with van der Waals surface area (Å²) in [6.07, 6.45) is 2.11. The Bertz CT molecular complexity index is 688. The minimum absolute atomic E-state index is 0.0277. The van der Waals surface area contributed by atoms with Gasteiger partial charge in [0.05, 0.1) is 19.1 Å². The molecule has 1 aromatic carbocycles. The number of likely N-dealkylation sites (N-methyl/N-ethyl adjacent to an activating group) is 1. The minimum Gasteiger partial charge on any atom is -0.486 e. The maximum Gasteiger partial charge on any atom is 0.234 e. The second-order valence-electron chi connectivity index (χ2n) is 7.71. The molecule has 0 aromatic heterocycles. The van der Waals surface area contributed by atoms with Gasteiger partial charge in [0.25, 0.3) is 0 Å². The van der Waals surface area contributed by atoms with Crippen molar-refractivity contribution >= 4 is 11.8 Å². The van der Waals surface area contributed by atoms with Gasteiger partial charge >= 0.3 is 0 Å². The molecular formula is C20H29N3O4. The lowest BCUT2D eigenvalue weighted by molar-refractivity contribution is -0.125. The first-order chi connectivity index (χ1) is 12.9. The molecule has 1 atom stereocenters. The van der Waals surface area contributed by atoms with Gasteiger partial charge in [0, 0.05) is 6.04 Å². The molecule has 0 bridgehead atoms. The summed E-state index contributed by atoms with van der Waals surface area (Å²) in [7, 11) is 1.78. The zero-order valence-electron chi connectivity index (χ0n) is 16.3. The first-order valence-electron chi connectivity index (χ1n) is 9.59. The summed E-state index contributed by atoms with van der Waals surface area (Å²) in [5.41, 5.74) is 0.983. The molecule has 3 rings (SSSR count). The summed E-state index contributed by atoms with van der Waals surface area (Å²) in [6, 6.07) is 5.99. The van der Waals surface area contributed by atoms with Crippen LogP contribution < -0.4 is 20.1 Å². The molecule has 0 unspecified atom stereocenters. The zero-order valence-corrected chi connectivity index (χ0v) is 16.3. The number of nitrogens with one attached hydrogen (secondary N) is 2. The largest absolute Gasteiger partial charge is 0.486 e. The highest BCUT2D eigenvalue weighted by molar-refractivity contribution is 5.81. The Morgan fingerprint density at radius 2 is 1.78 bits per heavy atom. The monoisotopic (exact) mass is 375 g/mol. The Labute approximate surface area is 160 Å². The molecule has 7 heteroatoms. The highest BCUT2D eigenvalue weighted by Crippen LogP contribution is 2.34. The van der Waals surface area contributed by atoms with Crippen molar-refractivity contribution in [3.05, 3.63) is 23.8 Å². The third-order valence-electron chi connectivity index (χ3n) is 4.68. The zero-order chi connectivity index (χ0) is 19.4. The Morgan fingerprint density at radius 3 is 2.44 bits per heavy atom. The van der Waals surface area contributed by atoms with Crippen LogP contribution in [0.1, 0.15) is 38.3 Å². The van der Waals surface area contributed by atoms with Crippen LogP contribution in [0.3, 0.4) is 0 Å². The molecule has 2 N–H and O–H groups in total. The number of hydrogen-bond acceptors (Lipinski definition) is 5. The lowest BCUT2D eigenvalue weighted by Crippen LogP contribution is -2.42. The first kappa shape index (κ1) is 19.5. The van der Waals surface area contributed by atoms with Gasteiger partial charge in [-0.15, -0.1) is 0 Å². The summed E-state index contributed by atoms with van der Waals surface area (Å²) in [5.74, 6) is 1.53. The van der Waals surface area contributed by atoms with E-state index < -0.39 is 0 Å². The van der Waals surface area contributed by atoms with Gasteiger partial charge in [-0.1, -0.05) is 19.9 Å². The van der Waals surface area contributed by atoms with E-state index in [-0.39, 0.29) is 36.9 Å². The average molecular weight is 375 g/mol. The first-order valence-corrected chi connectivity index (χ1v) is 9.59. The number of hydrogen-bond donors (Lipinski definition) is 2. The van der Waals surface area contributed by atoms with Gasteiger partial charge in [-0.2, -0.15) is 0 Å². The summed E-state index contributed by atoms with van der Waals surface area (Å²) in [5, 5.41) is 6.02. The van der Waals surface area contributed by atoms with E-state index in [9.17, 15) is 9.59 Å². The number of carbonyl (C=O) groups excluding carboxylic acids is 2. The third-order valence-corrected chi connectivity index (χ3v) is 4.68. The summed E-state index contributed by atoms with van der Waals surface area (Å²) < 4.78 is 11.2. The lowest BCUT2D eigenvalue weighted by Gasteiger charge is -2.26. The molecule has 1 aliphatic heterocycles. The van der Waals surface area contributed by atoms with Gasteiger partial charge in [0.1, 0.15) is 13.2 Å². The molecule has 7 nitrogen and oxygen atoms in total. The van der Waals surface area contributed by atoms with Crippen LogP contribution in [-0.4, -0.2) is 56.1 Å². The van der Waals surface area contributed by atoms with E-state index in [0.717, 1.165) is 24.2 Å². The van der Waals surface area contributed by atoms with Crippen molar-refractivity contribution in [3.8, 4) is 11.5 Å². The fraction of sp³-hybridized carbons (Fsp3) is 0.600. The molecule has 2 aliphatic rings. The summed E-state index contributed by atoms with van der Waals surface area (Å²) in [6.45, 7) is 5.61. The molecule has 1 aromatic rings. The van der Waals surface area contributed by atoms with Crippen LogP contribution in [0.4, 0.5) is 0 Å². The van der Waals surface area contributed by atoms with Crippen molar-refractivity contribution < 1.29 is 19.1 Å². The summed E-state index contributed by atoms with van der Waals surface area (Å²) >= 11 is 0. The van der Waals surface area contributed by atoms with E-state index in [1.54, 1.807) is 11.9 Å². The molecule has 148 valence electrons. The SMILES string of the molecule is CC(C)[C@H](NC(=O)CN(C)CC(=O)NC1CC1)c1ccc2c(c1)OCCO2. The van der Waals surface area contributed by atoms with Crippen molar-refractivity contribution in [1.29, 1.82) is 0 Å². The number of rotatable bonds is 8. The standard InChI is InChI=1S/C20H29N3O4/c1-13(2)20(14-4-7-16-17(10-14)27-9-8-26-16)22-19(25)12-23(3)11-18(24)21-15-5-6-15/h4,7,10,13,15,20H,5-6,8-9,11-12H2,1-3H3,(H,21,24)(H,22,25)/t20-/m0/s1. The van der Waals surface area contributed by atoms with Crippen LogP contribution in [-0.2, 0) is 9.59 Å². The molecule has 1 heterocycles. The smallest absolute Gasteiger partial charge is 0.234 e. The van der Waals surface area contributed by atoms with Crippen molar-refractivity contribution in [2.45, 2.75) is 38.8 Å². The Kier molecular flexibility index (Phi) is 6.21. The lowest BCUT2D eigenvalue weighted by atomic mass is 9.95. The second kappa shape index (κ2) is 8.61. The average Bonchev–Trinajstić information content (AvgIpc) is 3.42. The van der Waals surface area contributed by atoms with Crippen LogP contribution in [0, 0.1) is 5.92 Å². The summed E-state index contributed by atoms with van der Waals surface area (Å²) in [4.78, 5) is 26.1. The molecule has 0 saturated heterocycles. The highest BCUT2D eigenvalue weighted by Gasteiger charge is 2.25. The normalized spacial score (nSPS) is 16.9. The molecule has 2 amide bonds. The Balaban J connectivity index is 1.56. The van der Waals surface area contributed by atoms with Gasteiger partial charge in [-0.3, -0.25) is 14.5 Å². The molecule has 1 saturated carbocycles. The quantitative estimate of drug-likeness (QED) is 0.720. The van der Waals surface area contributed by atoms with Crippen LogP contribution in [0.5, 0.6) is 11.5 Å². The number of carbonyl (C=O) groups is 2. The van der Waals surface area contributed by atoms with Gasteiger partial charge in [0.15, 0.2) is 11.5 Å². The van der Waals surface area contributed by atoms with Crippen molar-refractivity contribution in [2.24, 2.45) is 5.92 Å². The van der Waals surface area contributed by atoms with Gasteiger partial charge < -0.3 is 20.1 Å². The molecule has 0 spiro atoms. The number of ether oxygens (including phenoxy) is 2. The van der Waals surface area contributed by atoms with Crippen LogP contribution >= 0.6 is 0 Å².